The number of fused-ring (bicyclic) bond motifs is 1. The Morgan fingerprint density at radius 1 is 1.45 bits per heavy atom. The van der Waals surface area contributed by atoms with E-state index in [1.54, 1.807) is 0 Å². The van der Waals surface area contributed by atoms with Gasteiger partial charge in [0.15, 0.2) is 0 Å². The number of nitrogens with zero attached hydrogens (tertiary/aromatic N) is 1. The first-order valence-corrected chi connectivity index (χ1v) is 8.40. The fraction of sp³-hybridized carbons (Fsp3) is 0.562. The predicted molar refractivity (Wildman–Crippen MR) is 81.1 cm³/mol. The third-order valence-electron chi connectivity index (χ3n) is 4.18. The van der Waals surface area contributed by atoms with E-state index >= 15 is 0 Å². The summed E-state index contributed by atoms with van der Waals surface area (Å²) in [6.45, 7) is 4.35. The normalized spacial score (nSPS) is 25.6. The SMILES string of the molecule is CCOC(=O)C1CCCN1CC1CSc2ccccc21. The van der Waals surface area contributed by atoms with Crippen molar-refractivity contribution >= 4 is 17.7 Å². The van der Waals surface area contributed by atoms with Gasteiger partial charge in [0, 0.05) is 23.1 Å². The summed E-state index contributed by atoms with van der Waals surface area (Å²) in [6, 6.07) is 8.63. The van der Waals surface area contributed by atoms with Crippen LogP contribution in [0.15, 0.2) is 29.2 Å². The molecule has 2 aliphatic heterocycles. The summed E-state index contributed by atoms with van der Waals surface area (Å²) in [7, 11) is 0. The van der Waals surface area contributed by atoms with Crippen molar-refractivity contribution in [1.29, 1.82) is 0 Å². The highest BCUT2D eigenvalue weighted by Gasteiger charge is 2.34. The van der Waals surface area contributed by atoms with Gasteiger partial charge >= 0.3 is 5.97 Å². The van der Waals surface area contributed by atoms with E-state index in [2.05, 4.69) is 29.2 Å². The Labute approximate surface area is 124 Å². The van der Waals surface area contributed by atoms with Gasteiger partial charge in [0.05, 0.1) is 6.61 Å². The van der Waals surface area contributed by atoms with Crippen LogP contribution in [0.5, 0.6) is 0 Å². The van der Waals surface area contributed by atoms with Crippen molar-refractivity contribution in [3.05, 3.63) is 29.8 Å². The maximum absolute atomic E-state index is 12.0. The molecule has 0 N–H and O–H groups in total. The largest absolute Gasteiger partial charge is 0.465 e. The van der Waals surface area contributed by atoms with Gasteiger partial charge < -0.3 is 4.74 Å². The van der Waals surface area contributed by atoms with Crippen LogP contribution in [0.2, 0.25) is 0 Å². The lowest BCUT2D eigenvalue weighted by Crippen LogP contribution is -2.39. The molecule has 0 aliphatic carbocycles. The van der Waals surface area contributed by atoms with Crippen molar-refractivity contribution in [3.8, 4) is 0 Å². The quantitative estimate of drug-likeness (QED) is 0.798. The second kappa shape index (κ2) is 6.19. The highest BCUT2D eigenvalue weighted by Crippen LogP contribution is 2.40. The molecule has 1 aromatic rings. The second-order valence-corrected chi connectivity index (χ2v) is 6.51. The Balaban J connectivity index is 1.67. The molecule has 0 saturated carbocycles. The van der Waals surface area contributed by atoms with Gasteiger partial charge in [-0.25, -0.2) is 0 Å². The van der Waals surface area contributed by atoms with Crippen LogP contribution in [0.3, 0.4) is 0 Å². The zero-order valence-corrected chi connectivity index (χ0v) is 12.7. The van der Waals surface area contributed by atoms with Gasteiger partial charge in [0.2, 0.25) is 0 Å². The number of esters is 1. The van der Waals surface area contributed by atoms with Crippen LogP contribution in [0.4, 0.5) is 0 Å². The van der Waals surface area contributed by atoms with Crippen LogP contribution in [0.1, 0.15) is 31.2 Å². The van der Waals surface area contributed by atoms with Gasteiger partial charge in [-0.05, 0) is 37.9 Å². The highest BCUT2D eigenvalue weighted by atomic mass is 32.2. The lowest BCUT2D eigenvalue weighted by molar-refractivity contribution is -0.148. The fourth-order valence-electron chi connectivity index (χ4n) is 3.21. The van der Waals surface area contributed by atoms with Gasteiger partial charge in [0.1, 0.15) is 6.04 Å². The Bertz CT molecular complexity index is 491. The molecule has 2 unspecified atom stereocenters. The molecule has 0 aromatic heterocycles. The number of benzene rings is 1. The third kappa shape index (κ3) is 2.72. The summed E-state index contributed by atoms with van der Waals surface area (Å²) in [4.78, 5) is 15.7. The van der Waals surface area contributed by atoms with E-state index < -0.39 is 0 Å². The van der Waals surface area contributed by atoms with Crippen molar-refractivity contribution in [2.45, 2.75) is 36.6 Å². The van der Waals surface area contributed by atoms with Crippen LogP contribution in [0, 0.1) is 0 Å². The van der Waals surface area contributed by atoms with Crippen LogP contribution < -0.4 is 0 Å². The summed E-state index contributed by atoms with van der Waals surface area (Å²) in [5.41, 5.74) is 1.45. The molecule has 3 nitrogen and oxygen atoms in total. The first-order chi connectivity index (χ1) is 9.79. The van der Waals surface area contributed by atoms with Crippen molar-refractivity contribution in [1.82, 2.24) is 4.90 Å². The predicted octanol–water partition coefficient (Wildman–Crippen LogP) is 2.90. The average molecular weight is 291 g/mol. The molecule has 4 heteroatoms. The summed E-state index contributed by atoms with van der Waals surface area (Å²) < 4.78 is 5.20. The number of carbonyl (C=O) groups is 1. The van der Waals surface area contributed by atoms with Crippen molar-refractivity contribution < 1.29 is 9.53 Å². The van der Waals surface area contributed by atoms with E-state index in [4.69, 9.17) is 4.74 Å². The Morgan fingerprint density at radius 3 is 3.15 bits per heavy atom. The smallest absolute Gasteiger partial charge is 0.323 e. The second-order valence-electron chi connectivity index (χ2n) is 5.45. The summed E-state index contributed by atoms with van der Waals surface area (Å²) in [5.74, 6) is 1.64. The Hall–Kier alpha value is -1.00. The molecule has 1 fully saturated rings. The molecule has 2 atom stereocenters. The fourth-order valence-corrected chi connectivity index (χ4v) is 4.46. The van der Waals surface area contributed by atoms with Crippen molar-refractivity contribution in [2.75, 3.05) is 25.4 Å². The van der Waals surface area contributed by atoms with Gasteiger partial charge in [-0.2, -0.15) is 0 Å². The number of thioether (sulfide) groups is 1. The molecule has 3 rings (SSSR count). The summed E-state index contributed by atoms with van der Waals surface area (Å²) in [6.07, 6.45) is 2.05. The third-order valence-corrected chi connectivity index (χ3v) is 5.43. The van der Waals surface area contributed by atoms with Crippen LogP contribution >= 0.6 is 11.8 Å². The van der Waals surface area contributed by atoms with Crippen LogP contribution in [-0.4, -0.2) is 42.4 Å². The lowest BCUT2D eigenvalue weighted by atomic mass is 10.0. The van der Waals surface area contributed by atoms with E-state index in [0.717, 1.165) is 31.7 Å². The van der Waals surface area contributed by atoms with E-state index in [1.807, 2.05) is 18.7 Å². The first kappa shape index (κ1) is 14.0. The van der Waals surface area contributed by atoms with E-state index in [0.29, 0.717) is 12.5 Å². The van der Waals surface area contributed by atoms with Gasteiger partial charge in [-0.3, -0.25) is 9.69 Å². The van der Waals surface area contributed by atoms with Crippen LogP contribution in [-0.2, 0) is 9.53 Å². The minimum Gasteiger partial charge on any atom is -0.465 e. The maximum Gasteiger partial charge on any atom is 0.323 e. The minimum atomic E-state index is -0.0380. The number of carbonyl (C=O) groups excluding carboxylic acids is 1. The Kier molecular flexibility index (Phi) is 4.32. The number of likely N-dealkylation sites (tertiary alicyclic amines) is 1. The molecule has 0 amide bonds. The van der Waals surface area contributed by atoms with Gasteiger partial charge in [-0.1, -0.05) is 18.2 Å². The molecule has 0 bridgehead atoms. The van der Waals surface area contributed by atoms with Gasteiger partial charge in [-0.15, -0.1) is 11.8 Å². The summed E-state index contributed by atoms with van der Waals surface area (Å²) in [5, 5.41) is 0. The number of ether oxygens (including phenoxy) is 1. The molecule has 0 spiro atoms. The summed E-state index contributed by atoms with van der Waals surface area (Å²) >= 11 is 1.94. The first-order valence-electron chi connectivity index (χ1n) is 7.42. The zero-order valence-electron chi connectivity index (χ0n) is 11.9. The van der Waals surface area contributed by atoms with E-state index in [1.165, 1.54) is 10.5 Å². The van der Waals surface area contributed by atoms with Crippen LogP contribution in [0.25, 0.3) is 0 Å². The molecule has 1 aromatic carbocycles. The maximum atomic E-state index is 12.0. The molecule has 20 heavy (non-hydrogen) atoms. The standard InChI is InChI=1S/C16H21NO2S/c1-2-19-16(18)14-7-5-9-17(14)10-12-11-20-15-8-4-3-6-13(12)15/h3-4,6,8,12,14H,2,5,7,9-11H2,1H3. The number of hydrogen-bond donors (Lipinski definition) is 0. The van der Waals surface area contributed by atoms with Crippen molar-refractivity contribution in [3.63, 3.8) is 0 Å². The zero-order chi connectivity index (χ0) is 13.9. The molecule has 1 saturated heterocycles. The highest BCUT2D eigenvalue weighted by molar-refractivity contribution is 7.99. The van der Waals surface area contributed by atoms with E-state index in [9.17, 15) is 4.79 Å². The van der Waals surface area contributed by atoms with Gasteiger partial charge in [0.25, 0.3) is 0 Å². The number of rotatable bonds is 4. The minimum absolute atomic E-state index is 0.0206. The van der Waals surface area contributed by atoms with E-state index in [-0.39, 0.29) is 12.0 Å². The molecule has 2 aliphatic rings. The topological polar surface area (TPSA) is 29.5 Å². The molecule has 0 radical (unpaired) electrons. The molecular weight excluding hydrogens is 270 g/mol. The monoisotopic (exact) mass is 291 g/mol. The molecule has 108 valence electrons. The molecule has 2 heterocycles. The Morgan fingerprint density at radius 2 is 2.30 bits per heavy atom. The lowest BCUT2D eigenvalue weighted by Gasteiger charge is -2.25. The van der Waals surface area contributed by atoms with Crippen molar-refractivity contribution in [2.24, 2.45) is 0 Å². The molecular formula is C16H21NO2S. The number of hydrogen-bond acceptors (Lipinski definition) is 4. The average Bonchev–Trinajstić information content (AvgIpc) is 3.07.